The van der Waals surface area contributed by atoms with Gasteiger partial charge in [-0.1, -0.05) is 26.8 Å². The fourth-order valence-electron chi connectivity index (χ4n) is 1.26. The molecular weight excluding hydrogens is 176 g/mol. The van der Waals surface area contributed by atoms with Crippen LogP contribution in [-0.4, -0.2) is 12.2 Å². The predicted octanol–water partition coefficient (Wildman–Crippen LogP) is 2.49. The summed E-state index contributed by atoms with van der Waals surface area (Å²) in [6, 6.07) is 5.22. The Balaban J connectivity index is 3.34. The van der Waals surface area contributed by atoms with Crippen molar-refractivity contribution in [3.8, 4) is 5.75 Å². The van der Waals surface area contributed by atoms with E-state index in [0.29, 0.717) is 5.75 Å². The first-order chi connectivity index (χ1) is 7.16. The second-order valence-corrected chi connectivity index (χ2v) is 4.28. The number of rotatable bonds is 2. The topological polar surface area (TPSA) is 29.5 Å². The molecule has 0 saturated carbocycles. The molecule has 0 amide bonds. The van der Waals surface area contributed by atoms with E-state index in [1.807, 2.05) is 26.8 Å². The van der Waals surface area contributed by atoms with E-state index >= 15 is 0 Å². The highest BCUT2D eigenvalue weighted by atomic mass is 16.5. The SMILES string of the molecule is [2H]C([2H])(O)c1cc(C(C)(C)C)ccc1OC. The van der Waals surface area contributed by atoms with Crippen molar-refractivity contribution < 1.29 is 12.6 Å². The summed E-state index contributed by atoms with van der Waals surface area (Å²) in [5.41, 5.74) is 1.04. The highest BCUT2D eigenvalue weighted by molar-refractivity contribution is 5.39. The van der Waals surface area contributed by atoms with Crippen molar-refractivity contribution in [2.45, 2.75) is 32.7 Å². The van der Waals surface area contributed by atoms with Crippen LogP contribution in [0.15, 0.2) is 18.2 Å². The third-order valence-corrected chi connectivity index (χ3v) is 2.19. The summed E-state index contributed by atoms with van der Waals surface area (Å²) in [5.74, 6) is 0.362. The molecule has 0 unspecified atom stereocenters. The third kappa shape index (κ3) is 2.26. The number of methoxy groups -OCH3 is 1. The number of aliphatic hydroxyl groups is 1. The van der Waals surface area contributed by atoms with E-state index in [4.69, 9.17) is 7.48 Å². The molecule has 0 aliphatic heterocycles. The van der Waals surface area contributed by atoms with Gasteiger partial charge >= 0.3 is 0 Å². The molecule has 0 spiro atoms. The van der Waals surface area contributed by atoms with Gasteiger partial charge in [-0.3, -0.25) is 0 Å². The van der Waals surface area contributed by atoms with Crippen LogP contribution in [0, 0.1) is 0 Å². The van der Waals surface area contributed by atoms with Gasteiger partial charge < -0.3 is 9.84 Å². The van der Waals surface area contributed by atoms with Gasteiger partial charge in [-0.05, 0) is 23.1 Å². The van der Waals surface area contributed by atoms with Crippen LogP contribution in [0.4, 0.5) is 0 Å². The first-order valence-electron chi connectivity index (χ1n) is 5.57. The van der Waals surface area contributed by atoms with Gasteiger partial charge in [0.2, 0.25) is 0 Å². The van der Waals surface area contributed by atoms with E-state index in [0.717, 1.165) is 5.56 Å². The van der Waals surface area contributed by atoms with Crippen LogP contribution in [0.2, 0.25) is 0 Å². The molecule has 0 fully saturated rings. The first-order valence-corrected chi connectivity index (χ1v) is 4.57. The highest BCUT2D eigenvalue weighted by Crippen LogP contribution is 2.27. The molecule has 0 atom stereocenters. The lowest BCUT2D eigenvalue weighted by Crippen LogP contribution is -2.11. The summed E-state index contributed by atoms with van der Waals surface area (Å²) in [5, 5.41) is 9.44. The third-order valence-electron chi connectivity index (χ3n) is 2.19. The van der Waals surface area contributed by atoms with Gasteiger partial charge in [-0.25, -0.2) is 0 Å². The molecule has 2 heteroatoms. The summed E-state index contributed by atoms with van der Waals surface area (Å²) in [7, 11) is 1.46. The summed E-state index contributed by atoms with van der Waals surface area (Å²) in [4.78, 5) is 0. The van der Waals surface area contributed by atoms with Crippen LogP contribution < -0.4 is 4.74 Å². The number of ether oxygens (including phenoxy) is 1. The Bertz CT molecular complexity index is 376. The lowest BCUT2D eigenvalue weighted by molar-refractivity contribution is 0.273. The minimum atomic E-state index is -2.38. The molecule has 2 nitrogen and oxygen atoms in total. The Morgan fingerprint density at radius 2 is 2.07 bits per heavy atom. The van der Waals surface area contributed by atoms with Crippen LogP contribution >= 0.6 is 0 Å². The van der Waals surface area contributed by atoms with E-state index in [-0.39, 0.29) is 11.0 Å². The zero-order valence-corrected chi connectivity index (χ0v) is 9.09. The fourth-order valence-corrected chi connectivity index (χ4v) is 1.26. The Kier molecular flexibility index (Phi) is 2.38. The Morgan fingerprint density at radius 3 is 2.50 bits per heavy atom. The van der Waals surface area contributed by atoms with Crippen LogP contribution in [-0.2, 0) is 12.0 Å². The van der Waals surface area contributed by atoms with Crippen molar-refractivity contribution in [2.24, 2.45) is 0 Å². The lowest BCUT2D eigenvalue weighted by atomic mass is 9.86. The van der Waals surface area contributed by atoms with Crippen molar-refractivity contribution in [2.75, 3.05) is 7.11 Å². The predicted molar refractivity (Wildman–Crippen MR) is 57.6 cm³/mol. The van der Waals surface area contributed by atoms with Crippen LogP contribution in [0.5, 0.6) is 5.75 Å². The standard InChI is InChI=1S/C12H18O2/c1-12(2,3)10-5-6-11(14-4)9(7-10)8-13/h5-7,13H,8H2,1-4H3/i8D2. The maximum atomic E-state index is 9.44. The summed E-state index contributed by atoms with van der Waals surface area (Å²) < 4.78 is 19.8. The fraction of sp³-hybridized carbons (Fsp3) is 0.500. The number of hydrogen-bond donors (Lipinski definition) is 1. The zero-order chi connectivity index (χ0) is 12.6. The van der Waals surface area contributed by atoms with Crippen molar-refractivity contribution in [3.05, 3.63) is 29.3 Å². The molecule has 1 aromatic rings. The minimum Gasteiger partial charge on any atom is -0.496 e. The molecule has 0 saturated heterocycles. The second kappa shape index (κ2) is 4.01. The van der Waals surface area contributed by atoms with Gasteiger partial charge in [-0.15, -0.1) is 0 Å². The molecule has 1 aromatic carbocycles. The molecule has 0 heterocycles. The summed E-state index contributed by atoms with van der Waals surface area (Å²) in [6.07, 6.45) is 0. The van der Waals surface area contributed by atoms with Crippen LogP contribution in [0.3, 0.4) is 0 Å². The van der Waals surface area contributed by atoms with Gasteiger partial charge in [-0.2, -0.15) is 0 Å². The normalized spacial score (nSPS) is 14.6. The largest absolute Gasteiger partial charge is 0.496 e. The van der Waals surface area contributed by atoms with Gasteiger partial charge in [0.25, 0.3) is 0 Å². The summed E-state index contributed by atoms with van der Waals surface area (Å²) >= 11 is 0. The number of hydrogen-bond acceptors (Lipinski definition) is 2. The second-order valence-electron chi connectivity index (χ2n) is 4.28. The minimum absolute atomic E-state index is 0.0910. The van der Waals surface area contributed by atoms with E-state index in [9.17, 15) is 5.11 Å². The Morgan fingerprint density at radius 1 is 1.43 bits per heavy atom. The molecule has 0 bridgehead atoms. The average molecular weight is 196 g/mol. The summed E-state index contributed by atoms with van der Waals surface area (Å²) in [6.45, 7) is 3.72. The van der Waals surface area contributed by atoms with Gasteiger partial charge in [0.15, 0.2) is 0 Å². The molecule has 1 N–H and O–H groups in total. The quantitative estimate of drug-likeness (QED) is 0.787. The van der Waals surface area contributed by atoms with E-state index in [2.05, 4.69) is 0 Å². The van der Waals surface area contributed by atoms with Gasteiger partial charge in [0, 0.05) is 5.56 Å². The molecule has 0 aromatic heterocycles. The van der Waals surface area contributed by atoms with Gasteiger partial charge in [0.05, 0.1) is 16.4 Å². The molecule has 14 heavy (non-hydrogen) atoms. The average Bonchev–Trinajstić information content (AvgIpc) is 2.14. The Hall–Kier alpha value is -1.02. The molecule has 0 radical (unpaired) electrons. The Labute approximate surface area is 88.3 Å². The van der Waals surface area contributed by atoms with E-state index in [1.54, 1.807) is 12.1 Å². The highest BCUT2D eigenvalue weighted by Gasteiger charge is 2.15. The maximum Gasteiger partial charge on any atom is 0.124 e. The number of benzene rings is 1. The van der Waals surface area contributed by atoms with E-state index in [1.165, 1.54) is 7.11 Å². The zero-order valence-electron chi connectivity index (χ0n) is 11.1. The smallest absolute Gasteiger partial charge is 0.124 e. The van der Waals surface area contributed by atoms with Crippen molar-refractivity contribution in [3.63, 3.8) is 0 Å². The molecule has 78 valence electrons. The van der Waals surface area contributed by atoms with Crippen molar-refractivity contribution in [1.29, 1.82) is 0 Å². The van der Waals surface area contributed by atoms with Crippen LogP contribution in [0.25, 0.3) is 0 Å². The van der Waals surface area contributed by atoms with Crippen molar-refractivity contribution >= 4 is 0 Å². The van der Waals surface area contributed by atoms with Crippen LogP contribution in [0.1, 0.15) is 34.6 Å². The monoisotopic (exact) mass is 196 g/mol. The lowest BCUT2D eigenvalue weighted by Gasteiger charge is -2.20. The van der Waals surface area contributed by atoms with Gasteiger partial charge in [0.1, 0.15) is 5.75 Å². The molecular formula is C12H18O2. The van der Waals surface area contributed by atoms with E-state index < -0.39 is 6.56 Å². The first kappa shape index (κ1) is 8.30. The molecule has 0 aliphatic carbocycles. The molecule has 0 aliphatic rings. The van der Waals surface area contributed by atoms with Crippen molar-refractivity contribution in [1.82, 2.24) is 0 Å². The molecule has 1 rings (SSSR count). The maximum absolute atomic E-state index is 9.44.